The average molecular weight is 444 g/mol. The molecule has 1 aliphatic heterocycles. The van der Waals surface area contributed by atoms with E-state index in [4.69, 9.17) is 14.2 Å². The minimum atomic E-state index is 0. The van der Waals surface area contributed by atoms with E-state index in [1.165, 1.54) is 0 Å². The maximum Gasteiger partial charge on any atom is 0.191 e. The van der Waals surface area contributed by atoms with Gasteiger partial charge in [-0.25, -0.2) is 0 Å². The normalized spacial score (nSPS) is 19.3. The zero-order valence-electron chi connectivity index (χ0n) is 14.7. The second-order valence-corrected chi connectivity index (χ2v) is 5.36. The molecule has 1 saturated heterocycles. The molecule has 0 aromatic rings. The number of nitrogens with zero attached hydrogens (tertiary/aromatic N) is 2. The van der Waals surface area contributed by atoms with Crippen molar-refractivity contribution in [3.63, 3.8) is 0 Å². The first-order chi connectivity index (χ1) is 10.8. The SMILES string of the molecule is CCNC(=NCC1CN(C)CCO1)NCCCOCCOC.I. The molecule has 1 fully saturated rings. The highest BCUT2D eigenvalue weighted by Gasteiger charge is 2.17. The number of rotatable bonds is 10. The third-order valence-electron chi connectivity index (χ3n) is 3.33. The quantitative estimate of drug-likeness (QED) is 0.222. The van der Waals surface area contributed by atoms with Gasteiger partial charge < -0.3 is 29.7 Å². The summed E-state index contributed by atoms with van der Waals surface area (Å²) in [5, 5.41) is 6.57. The Bertz CT molecular complexity index is 308. The molecule has 0 bridgehead atoms. The predicted octanol–water partition coefficient (Wildman–Crippen LogP) is 0.543. The fraction of sp³-hybridized carbons (Fsp3) is 0.933. The summed E-state index contributed by atoms with van der Waals surface area (Å²) in [6, 6.07) is 0. The van der Waals surface area contributed by atoms with Gasteiger partial charge in [0.05, 0.1) is 32.5 Å². The monoisotopic (exact) mass is 444 g/mol. The molecule has 1 rings (SSSR count). The highest BCUT2D eigenvalue weighted by molar-refractivity contribution is 14.0. The van der Waals surface area contributed by atoms with Gasteiger partial charge in [-0.2, -0.15) is 0 Å². The second-order valence-electron chi connectivity index (χ2n) is 5.36. The maximum atomic E-state index is 5.72. The van der Waals surface area contributed by atoms with Crippen LogP contribution in [0, 0.1) is 0 Å². The summed E-state index contributed by atoms with van der Waals surface area (Å²) in [5.41, 5.74) is 0. The smallest absolute Gasteiger partial charge is 0.191 e. The van der Waals surface area contributed by atoms with Crippen LogP contribution in [-0.2, 0) is 14.2 Å². The molecule has 2 N–H and O–H groups in total. The summed E-state index contributed by atoms with van der Waals surface area (Å²) in [4.78, 5) is 6.88. The van der Waals surface area contributed by atoms with Crippen molar-refractivity contribution in [2.24, 2.45) is 4.99 Å². The third-order valence-corrected chi connectivity index (χ3v) is 3.33. The third kappa shape index (κ3) is 11.9. The van der Waals surface area contributed by atoms with E-state index in [-0.39, 0.29) is 30.1 Å². The first-order valence-corrected chi connectivity index (χ1v) is 8.15. The van der Waals surface area contributed by atoms with Crippen molar-refractivity contribution in [2.45, 2.75) is 19.4 Å². The molecule has 0 aromatic heterocycles. The predicted molar refractivity (Wildman–Crippen MR) is 104 cm³/mol. The number of aliphatic imine (C=N–C) groups is 1. The van der Waals surface area contributed by atoms with Crippen LogP contribution in [-0.4, -0.2) is 90.3 Å². The van der Waals surface area contributed by atoms with Gasteiger partial charge in [0, 0.05) is 39.9 Å². The number of nitrogens with one attached hydrogen (secondary N) is 2. The second kappa shape index (κ2) is 15.4. The Labute approximate surface area is 157 Å². The molecular formula is C15H33IN4O3. The van der Waals surface area contributed by atoms with E-state index in [1.54, 1.807) is 7.11 Å². The first-order valence-electron chi connectivity index (χ1n) is 8.15. The Morgan fingerprint density at radius 1 is 1.30 bits per heavy atom. The van der Waals surface area contributed by atoms with Crippen LogP contribution in [0.1, 0.15) is 13.3 Å². The number of halogens is 1. The number of methoxy groups -OCH3 is 1. The van der Waals surface area contributed by atoms with Crippen molar-refractivity contribution < 1.29 is 14.2 Å². The molecule has 0 spiro atoms. The molecular weight excluding hydrogens is 411 g/mol. The standard InChI is InChI=1S/C15H32N4O3.HI/c1-4-16-15(17-6-5-8-21-11-10-20-3)18-12-14-13-19(2)7-9-22-14;/h14H,4-13H2,1-3H3,(H2,16,17,18);1H. The van der Waals surface area contributed by atoms with Crippen LogP contribution in [0.4, 0.5) is 0 Å². The van der Waals surface area contributed by atoms with Gasteiger partial charge in [-0.3, -0.25) is 4.99 Å². The van der Waals surface area contributed by atoms with E-state index < -0.39 is 0 Å². The van der Waals surface area contributed by atoms with Gasteiger partial charge in [-0.1, -0.05) is 0 Å². The van der Waals surface area contributed by atoms with Gasteiger partial charge in [0.1, 0.15) is 0 Å². The molecule has 0 aliphatic carbocycles. The van der Waals surface area contributed by atoms with E-state index in [2.05, 4.69) is 34.5 Å². The Kier molecular flexibility index (Phi) is 15.3. The number of morpholine rings is 1. The van der Waals surface area contributed by atoms with Crippen LogP contribution in [0.2, 0.25) is 0 Å². The van der Waals surface area contributed by atoms with Crippen molar-refractivity contribution in [1.29, 1.82) is 0 Å². The van der Waals surface area contributed by atoms with Gasteiger partial charge in [0.25, 0.3) is 0 Å². The molecule has 23 heavy (non-hydrogen) atoms. The van der Waals surface area contributed by atoms with Crippen LogP contribution in [0.3, 0.4) is 0 Å². The summed E-state index contributed by atoms with van der Waals surface area (Å²) in [7, 11) is 3.80. The van der Waals surface area contributed by atoms with Crippen molar-refractivity contribution in [2.75, 3.05) is 73.3 Å². The number of hydrogen-bond donors (Lipinski definition) is 2. The Morgan fingerprint density at radius 3 is 2.83 bits per heavy atom. The number of guanidine groups is 1. The van der Waals surface area contributed by atoms with Gasteiger partial charge in [-0.05, 0) is 20.4 Å². The lowest BCUT2D eigenvalue weighted by molar-refractivity contribution is -0.0136. The highest BCUT2D eigenvalue weighted by atomic mass is 127. The van der Waals surface area contributed by atoms with E-state index in [0.29, 0.717) is 19.8 Å². The number of likely N-dealkylation sites (N-methyl/N-ethyl adjacent to an activating group) is 1. The van der Waals surface area contributed by atoms with Crippen LogP contribution in [0.15, 0.2) is 4.99 Å². The highest BCUT2D eigenvalue weighted by Crippen LogP contribution is 2.02. The van der Waals surface area contributed by atoms with Crippen molar-refractivity contribution in [1.82, 2.24) is 15.5 Å². The van der Waals surface area contributed by atoms with E-state index >= 15 is 0 Å². The maximum absolute atomic E-state index is 5.72. The molecule has 0 radical (unpaired) electrons. The van der Waals surface area contributed by atoms with Crippen LogP contribution in [0.25, 0.3) is 0 Å². The molecule has 1 atom stereocenters. The Hall–Kier alpha value is -0.160. The summed E-state index contributed by atoms with van der Waals surface area (Å²) in [5.74, 6) is 0.844. The van der Waals surface area contributed by atoms with Gasteiger partial charge in [-0.15, -0.1) is 24.0 Å². The molecule has 8 heteroatoms. The molecule has 7 nitrogen and oxygen atoms in total. The molecule has 0 amide bonds. The molecule has 1 heterocycles. The fourth-order valence-electron chi connectivity index (χ4n) is 2.14. The Balaban J connectivity index is 0.00000484. The minimum absolute atomic E-state index is 0. The van der Waals surface area contributed by atoms with E-state index in [0.717, 1.165) is 51.8 Å². The lowest BCUT2D eigenvalue weighted by Crippen LogP contribution is -2.43. The first kappa shape index (κ1) is 22.8. The van der Waals surface area contributed by atoms with Crippen molar-refractivity contribution >= 4 is 29.9 Å². The molecule has 1 unspecified atom stereocenters. The molecule has 1 aliphatic rings. The summed E-state index contributed by atoms with van der Waals surface area (Å²) in [6.07, 6.45) is 1.13. The topological polar surface area (TPSA) is 67.4 Å². The molecule has 0 saturated carbocycles. The zero-order chi connectivity index (χ0) is 16.0. The Morgan fingerprint density at radius 2 is 2.13 bits per heavy atom. The lowest BCUT2D eigenvalue weighted by Gasteiger charge is -2.29. The van der Waals surface area contributed by atoms with Crippen LogP contribution >= 0.6 is 24.0 Å². The van der Waals surface area contributed by atoms with Crippen molar-refractivity contribution in [3.8, 4) is 0 Å². The van der Waals surface area contributed by atoms with Crippen molar-refractivity contribution in [3.05, 3.63) is 0 Å². The lowest BCUT2D eigenvalue weighted by atomic mass is 10.3. The fourth-order valence-corrected chi connectivity index (χ4v) is 2.14. The number of hydrogen-bond acceptors (Lipinski definition) is 5. The van der Waals surface area contributed by atoms with Crippen LogP contribution in [0.5, 0.6) is 0 Å². The van der Waals surface area contributed by atoms with E-state index in [1.807, 2.05) is 0 Å². The molecule has 0 aromatic carbocycles. The molecule has 138 valence electrons. The van der Waals surface area contributed by atoms with Gasteiger partial charge >= 0.3 is 0 Å². The van der Waals surface area contributed by atoms with Gasteiger partial charge in [0.15, 0.2) is 5.96 Å². The largest absolute Gasteiger partial charge is 0.382 e. The summed E-state index contributed by atoms with van der Waals surface area (Å²) in [6.45, 7) is 9.19. The zero-order valence-corrected chi connectivity index (χ0v) is 17.0. The van der Waals surface area contributed by atoms with Gasteiger partial charge in [0.2, 0.25) is 0 Å². The van der Waals surface area contributed by atoms with Crippen LogP contribution < -0.4 is 10.6 Å². The summed E-state index contributed by atoms with van der Waals surface area (Å²) < 4.78 is 16.1. The van der Waals surface area contributed by atoms with E-state index in [9.17, 15) is 0 Å². The number of ether oxygens (including phenoxy) is 3. The average Bonchev–Trinajstić information content (AvgIpc) is 2.51. The summed E-state index contributed by atoms with van der Waals surface area (Å²) >= 11 is 0. The minimum Gasteiger partial charge on any atom is -0.382 e.